The van der Waals surface area contributed by atoms with Crippen molar-refractivity contribution in [2.45, 2.75) is 31.5 Å². The summed E-state index contributed by atoms with van der Waals surface area (Å²) in [6, 6.07) is 10.9. The number of carboxylic acid groups (broad SMARTS) is 1. The molecule has 2 aliphatic rings. The second-order valence-corrected chi connectivity index (χ2v) is 6.16. The van der Waals surface area contributed by atoms with Gasteiger partial charge in [0.05, 0.1) is 12.6 Å². The molecule has 1 heterocycles. The minimum absolute atomic E-state index is 0.0189. The molecule has 2 atom stereocenters. The molecule has 1 aliphatic carbocycles. The monoisotopic (exact) mass is 290 g/mol. The Kier molecular flexibility index (Phi) is 4.12. The van der Waals surface area contributed by atoms with Crippen LogP contribution in [0.1, 0.15) is 18.4 Å². The topological polar surface area (TPSA) is 64.0 Å². The van der Waals surface area contributed by atoms with Crippen molar-refractivity contribution >= 4 is 6.09 Å². The lowest BCUT2D eigenvalue weighted by Gasteiger charge is -2.26. The Hall–Kier alpha value is -1.59. The summed E-state index contributed by atoms with van der Waals surface area (Å²) in [6.45, 7) is 2.32. The summed E-state index contributed by atoms with van der Waals surface area (Å²) < 4.78 is 0. The fraction of sp³-hybridized carbons (Fsp3) is 0.562. The van der Waals surface area contributed by atoms with Gasteiger partial charge in [-0.05, 0) is 18.4 Å². The van der Waals surface area contributed by atoms with E-state index in [-0.39, 0.29) is 12.5 Å². The molecule has 21 heavy (non-hydrogen) atoms. The van der Waals surface area contributed by atoms with Crippen LogP contribution in [0.3, 0.4) is 0 Å². The van der Waals surface area contributed by atoms with Crippen LogP contribution in [0.15, 0.2) is 30.3 Å². The van der Waals surface area contributed by atoms with Gasteiger partial charge in [-0.15, -0.1) is 0 Å². The quantitative estimate of drug-likeness (QED) is 0.865. The predicted molar refractivity (Wildman–Crippen MR) is 79.0 cm³/mol. The fourth-order valence-corrected chi connectivity index (χ4v) is 3.09. The van der Waals surface area contributed by atoms with Gasteiger partial charge in [-0.1, -0.05) is 30.3 Å². The van der Waals surface area contributed by atoms with E-state index in [4.69, 9.17) is 5.11 Å². The fourth-order valence-electron chi connectivity index (χ4n) is 3.09. The summed E-state index contributed by atoms with van der Waals surface area (Å²) in [5, 5.41) is 19.1. The number of hydrogen-bond donors (Lipinski definition) is 2. The molecule has 1 aromatic rings. The molecule has 0 spiro atoms. The van der Waals surface area contributed by atoms with Crippen molar-refractivity contribution in [1.29, 1.82) is 0 Å². The molecular formula is C16H22N2O3. The lowest BCUT2D eigenvalue weighted by atomic mass is 10.1. The van der Waals surface area contributed by atoms with Crippen molar-refractivity contribution < 1.29 is 15.0 Å². The first-order chi connectivity index (χ1) is 10.1. The maximum atomic E-state index is 11.0. The van der Waals surface area contributed by atoms with Gasteiger partial charge >= 0.3 is 6.09 Å². The molecule has 0 aromatic heterocycles. The molecule has 2 N–H and O–H groups in total. The molecule has 3 rings (SSSR count). The third-order valence-electron chi connectivity index (χ3n) is 4.44. The maximum absolute atomic E-state index is 11.0. The third kappa shape index (κ3) is 3.54. The Morgan fingerprint density at radius 1 is 1.24 bits per heavy atom. The molecule has 0 radical (unpaired) electrons. The van der Waals surface area contributed by atoms with Crippen molar-refractivity contribution in [3.63, 3.8) is 0 Å². The highest BCUT2D eigenvalue weighted by atomic mass is 16.4. The second kappa shape index (κ2) is 6.03. The molecule has 0 bridgehead atoms. The van der Waals surface area contributed by atoms with E-state index in [1.165, 1.54) is 23.3 Å². The number of nitrogens with zero attached hydrogens (tertiary/aromatic N) is 2. The average Bonchev–Trinajstić information content (AvgIpc) is 3.24. The van der Waals surface area contributed by atoms with Crippen LogP contribution in [0.2, 0.25) is 0 Å². The minimum Gasteiger partial charge on any atom is -0.465 e. The number of likely N-dealkylation sites (tertiary alicyclic amines) is 1. The van der Waals surface area contributed by atoms with Crippen LogP contribution in [0.5, 0.6) is 0 Å². The molecule has 2 fully saturated rings. The van der Waals surface area contributed by atoms with E-state index in [1.807, 2.05) is 18.2 Å². The molecule has 5 heteroatoms. The van der Waals surface area contributed by atoms with E-state index in [9.17, 15) is 9.90 Å². The van der Waals surface area contributed by atoms with E-state index in [0.717, 1.165) is 13.1 Å². The van der Waals surface area contributed by atoms with Gasteiger partial charge in [0, 0.05) is 31.6 Å². The first kappa shape index (κ1) is 14.4. The highest BCUT2D eigenvalue weighted by molar-refractivity contribution is 5.65. The molecule has 0 unspecified atom stereocenters. The highest BCUT2D eigenvalue weighted by Gasteiger charge is 2.38. The number of hydrogen-bond acceptors (Lipinski definition) is 3. The summed E-state index contributed by atoms with van der Waals surface area (Å²) >= 11 is 0. The van der Waals surface area contributed by atoms with Crippen molar-refractivity contribution in [2.75, 3.05) is 19.6 Å². The molecular weight excluding hydrogens is 268 g/mol. The van der Waals surface area contributed by atoms with E-state index in [2.05, 4.69) is 17.0 Å². The second-order valence-electron chi connectivity index (χ2n) is 6.16. The van der Waals surface area contributed by atoms with Gasteiger partial charge in [0.2, 0.25) is 0 Å². The first-order valence-corrected chi connectivity index (χ1v) is 7.57. The van der Waals surface area contributed by atoms with E-state index in [1.54, 1.807) is 0 Å². The van der Waals surface area contributed by atoms with Crippen LogP contribution in [0.25, 0.3) is 0 Å². The van der Waals surface area contributed by atoms with Crippen LogP contribution < -0.4 is 0 Å². The van der Waals surface area contributed by atoms with Crippen LogP contribution >= 0.6 is 0 Å². The molecule has 1 aliphatic heterocycles. The summed E-state index contributed by atoms with van der Waals surface area (Å²) in [4.78, 5) is 14.7. The van der Waals surface area contributed by atoms with Gasteiger partial charge in [0.25, 0.3) is 0 Å². The molecule has 1 saturated carbocycles. The zero-order valence-corrected chi connectivity index (χ0v) is 12.1. The van der Waals surface area contributed by atoms with Crippen LogP contribution in [-0.4, -0.2) is 57.9 Å². The lowest BCUT2D eigenvalue weighted by Crippen LogP contribution is -2.36. The summed E-state index contributed by atoms with van der Waals surface area (Å²) in [5.41, 5.74) is 1.27. The SMILES string of the molecule is O=C(O)N1C[C@H](CN(Cc2ccccc2)C2CC2)[C@@H](O)C1. The normalized spacial score (nSPS) is 25.5. The van der Waals surface area contributed by atoms with Crippen molar-refractivity contribution in [3.8, 4) is 0 Å². The third-order valence-corrected chi connectivity index (χ3v) is 4.44. The number of benzene rings is 1. The van der Waals surface area contributed by atoms with Crippen molar-refractivity contribution in [2.24, 2.45) is 5.92 Å². The number of aliphatic hydroxyl groups excluding tert-OH is 1. The first-order valence-electron chi connectivity index (χ1n) is 7.57. The largest absolute Gasteiger partial charge is 0.465 e. The van der Waals surface area contributed by atoms with Crippen molar-refractivity contribution in [1.82, 2.24) is 9.80 Å². The van der Waals surface area contributed by atoms with Crippen LogP contribution in [0.4, 0.5) is 4.79 Å². The Morgan fingerprint density at radius 2 is 1.95 bits per heavy atom. The zero-order valence-electron chi connectivity index (χ0n) is 12.1. The predicted octanol–water partition coefficient (Wildman–Crippen LogP) is 1.62. The molecule has 1 aromatic carbocycles. The lowest BCUT2D eigenvalue weighted by molar-refractivity contribution is 0.107. The van der Waals surface area contributed by atoms with Crippen LogP contribution in [0, 0.1) is 5.92 Å². The maximum Gasteiger partial charge on any atom is 0.407 e. The average molecular weight is 290 g/mol. The number of aliphatic hydroxyl groups is 1. The Bertz CT molecular complexity index is 490. The molecule has 5 nitrogen and oxygen atoms in total. The van der Waals surface area contributed by atoms with Gasteiger partial charge < -0.3 is 15.1 Å². The number of β-amino-alcohol motifs (C(OH)–C–C–N with tert-alkyl or cyclic N) is 1. The Labute approximate surface area is 124 Å². The highest BCUT2D eigenvalue weighted by Crippen LogP contribution is 2.30. The van der Waals surface area contributed by atoms with E-state index < -0.39 is 12.2 Å². The summed E-state index contributed by atoms with van der Waals surface area (Å²) in [6.07, 6.45) is 0.937. The number of rotatable bonds is 5. The summed E-state index contributed by atoms with van der Waals surface area (Å²) in [5.74, 6) is 0.0189. The summed E-state index contributed by atoms with van der Waals surface area (Å²) in [7, 11) is 0. The Balaban J connectivity index is 1.62. The molecule has 1 amide bonds. The van der Waals surface area contributed by atoms with Gasteiger partial charge in [-0.25, -0.2) is 4.79 Å². The zero-order chi connectivity index (χ0) is 14.8. The smallest absolute Gasteiger partial charge is 0.407 e. The van der Waals surface area contributed by atoms with Crippen LogP contribution in [-0.2, 0) is 6.54 Å². The van der Waals surface area contributed by atoms with Gasteiger partial charge in [0.1, 0.15) is 0 Å². The van der Waals surface area contributed by atoms with E-state index >= 15 is 0 Å². The standard InChI is InChI=1S/C16H22N2O3/c19-15-11-18(16(20)21)10-13(15)9-17(14-6-7-14)8-12-4-2-1-3-5-12/h1-5,13-15,19H,6-11H2,(H,20,21)/t13-,15-/m0/s1. The van der Waals surface area contributed by atoms with E-state index in [0.29, 0.717) is 12.6 Å². The minimum atomic E-state index is -0.933. The van der Waals surface area contributed by atoms with Gasteiger partial charge in [-0.2, -0.15) is 0 Å². The number of carbonyl (C=O) groups is 1. The van der Waals surface area contributed by atoms with Crippen molar-refractivity contribution in [3.05, 3.63) is 35.9 Å². The molecule has 114 valence electrons. The Morgan fingerprint density at radius 3 is 2.52 bits per heavy atom. The molecule has 1 saturated heterocycles. The van der Waals surface area contributed by atoms with Gasteiger partial charge in [0.15, 0.2) is 0 Å². The van der Waals surface area contributed by atoms with Gasteiger partial charge in [-0.3, -0.25) is 4.90 Å². The number of amides is 1.